The monoisotopic (exact) mass is 309 g/mol. The van der Waals surface area contributed by atoms with Gasteiger partial charge in [0.2, 0.25) is 0 Å². The third kappa shape index (κ3) is 2.79. The molecular weight excluding hydrogens is 294 g/mol. The predicted molar refractivity (Wildman–Crippen MR) is 73.2 cm³/mol. The molecule has 96 valence electrons. The number of aliphatic hydroxyl groups excluding tert-OH is 1. The van der Waals surface area contributed by atoms with E-state index in [0.717, 1.165) is 12.1 Å². The van der Waals surface area contributed by atoms with E-state index in [0.29, 0.717) is 11.0 Å². The van der Waals surface area contributed by atoms with Gasteiger partial charge in [-0.05, 0) is 46.8 Å². The molecule has 1 unspecified atom stereocenters. The number of halogens is 1. The number of benzene rings is 1. The molecule has 1 atom stereocenters. The first-order valence-electron chi connectivity index (χ1n) is 5.87. The highest BCUT2D eigenvalue weighted by molar-refractivity contribution is 9.10. The maximum Gasteiger partial charge on any atom is 0.154 e. The first-order valence-corrected chi connectivity index (χ1v) is 6.66. The van der Waals surface area contributed by atoms with E-state index in [2.05, 4.69) is 45.3 Å². The second-order valence-corrected chi connectivity index (χ2v) is 5.12. The Hall–Kier alpha value is -1.20. The molecule has 1 aromatic heterocycles. The van der Waals surface area contributed by atoms with E-state index >= 15 is 0 Å². The number of nitrogens with zero attached hydrogens (tertiary/aromatic N) is 3. The first kappa shape index (κ1) is 13.2. The highest BCUT2D eigenvalue weighted by Crippen LogP contribution is 2.24. The zero-order valence-corrected chi connectivity index (χ0v) is 12.1. The summed E-state index contributed by atoms with van der Waals surface area (Å²) in [7, 11) is 1.78. The lowest BCUT2D eigenvalue weighted by atomic mass is 10.0. The van der Waals surface area contributed by atoms with E-state index in [9.17, 15) is 5.11 Å². The zero-order chi connectivity index (χ0) is 13.1. The van der Waals surface area contributed by atoms with Gasteiger partial charge in [-0.1, -0.05) is 29.5 Å². The van der Waals surface area contributed by atoms with Crippen LogP contribution >= 0.6 is 15.9 Å². The molecule has 1 N–H and O–H groups in total. The number of rotatable bonds is 4. The number of aliphatic hydroxyl groups is 1. The van der Waals surface area contributed by atoms with Crippen LogP contribution in [0.25, 0.3) is 0 Å². The van der Waals surface area contributed by atoms with Crippen LogP contribution in [0, 0.1) is 6.92 Å². The van der Waals surface area contributed by atoms with Crippen molar-refractivity contribution in [1.29, 1.82) is 0 Å². The van der Waals surface area contributed by atoms with E-state index in [4.69, 9.17) is 0 Å². The Kier molecular flexibility index (Phi) is 4.14. The van der Waals surface area contributed by atoms with Gasteiger partial charge in [0, 0.05) is 7.05 Å². The highest BCUT2D eigenvalue weighted by atomic mass is 79.9. The van der Waals surface area contributed by atoms with Gasteiger partial charge < -0.3 is 5.11 Å². The fourth-order valence-electron chi connectivity index (χ4n) is 2.01. The SMILES string of the molecule is Cc1ccccc1CCC(O)c1c(Br)nnn1C. The minimum Gasteiger partial charge on any atom is -0.387 e. The largest absolute Gasteiger partial charge is 0.387 e. The van der Waals surface area contributed by atoms with Crippen molar-refractivity contribution in [2.24, 2.45) is 7.05 Å². The minimum atomic E-state index is -0.556. The fraction of sp³-hybridized carbons (Fsp3) is 0.385. The lowest BCUT2D eigenvalue weighted by Crippen LogP contribution is -2.07. The summed E-state index contributed by atoms with van der Waals surface area (Å²) in [6.07, 6.45) is 0.940. The number of hydrogen-bond acceptors (Lipinski definition) is 3. The van der Waals surface area contributed by atoms with Crippen molar-refractivity contribution in [2.75, 3.05) is 0 Å². The molecule has 5 heteroatoms. The summed E-state index contributed by atoms with van der Waals surface area (Å²) in [4.78, 5) is 0. The molecule has 2 aromatic rings. The van der Waals surface area contributed by atoms with Crippen LogP contribution in [-0.2, 0) is 13.5 Å². The zero-order valence-electron chi connectivity index (χ0n) is 10.5. The summed E-state index contributed by atoms with van der Waals surface area (Å²) in [6.45, 7) is 2.09. The topological polar surface area (TPSA) is 50.9 Å². The molecule has 18 heavy (non-hydrogen) atoms. The molecule has 4 nitrogen and oxygen atoms in total. The van der Waals surface area contributed by atoms with Crippen molar-refractivity contribution in [1.82, 2.24) is 15.0 Å². The molecule has 0 fully saturated rings. The second-order valence-electron chi connectivity index (χ2n) is 4.37. The van der Waals surface area contributed by atoms with Crippen LogP contribution in [0.3, 0.4) is 0 Å². The van der Waals surface area contributed by atoms with E-state index in [-0.39, 0.29) is 0 Å². The predicted octanol–water partition coefficient (Wildman–Crippen LogP) is 2.55. The first-order chi connectivity index (χ1) is 8.59. The summed E-state index contributed by atoms with van der Waals surface area (Å²) >= 11 is 3.30. The molecule has 1 aromatic carbocycles. The van der Waals surface area contributed by atoms with Crippen molar-refractivity contribution in [3.05, 3.63) is 45.7 Å². The van der Waals surface area contributed by atoms with Crippen LogP contribution in [0.1, 0.15) is 29.3 Å². The number of aromatic nitrogens is 3. The van der Waals surface area contributed by atoms with Crippen molar-refractivity contribution in [3.8, 4) is 0 Å². The smallest absolute Gasteiger partial charge is 0.154 e. The van der Waals surface area contributed by atoms with Gasteiger partial charge >= 0.3 is 0 Å². The Morgan fingerprint density at radius 3 is 2.72 bits per heavy atom. The Labute approximate surface area is 115 Å². The molecule has 0 saturated heterocycles. The molecular formula is C13H16BrN3O. The van der Waals surface area contributed by atoms with Crippen LogP contribution in [0.2, 0.25) is 0 Å². The van der Waals surface area contributed by atoms with Crippen molar-refractivity contribution in [2.45, 2.75) is 25.9 Å². The van der Waals surface area contributed by atoms with Crippen LogP contribution in [0.15, 0.2) is 28.9 Å². The second kappa shape index (κ2) is 5.63. The fourth-order valence-corrected chi connectivity index (χ4v) is 2.60. The van der Waals surface area contributed by atoms with Gasteiger partial charge in [-0.2, -0.15) is 0 Å². The Morgan fingerprint density at radius 2 is 2.11 bits per heavy atom. The Balaban J connectivity index is 2.05. The van der Waals surface area contributed by atoms with Crippen LogP contribution in [0.4, 0.5) is 0 Å². The number of hydrogen-bond donors (Lipinski definition) is 1. The lowest BCUT2D eigenvalue weighted by Gasteiger charge is -2.12. The number of aryl methyl sites for hydroxylation is 3. The average molecular weight is 310 g/mol. The maximum atomic E-state index is 10.2. The summed E-state index contributed by atoms with van der Waals surface area (Å²) < 4.78 is 2.22. The summed E-state index contributed by atoms with van der Waals surface area (Å²) in [5.41, 5.74) is 3.25. The van der Waals surface area contributed by atoms with Gasteiger partial charge in [-0.3, -0.25) is 0 Å². The van der Waals surface area contributed by atoms with Crippen LogP contribution in [-0.4, -0.2) is 20.1 Å². The average Bonchev–Trinajstić information content (AvgIpc) is 2.68. The van der Waals surface area contributed by atoms with Gasteiger partial charge in [-0.15, -0.1) is 5.10 Å². The van der Waals surface area contributed by atoms with E-state index < -0.39 is 6.10 Å². The summed E-state index contributed by atoms with van der Waals surface area (Å²) in [5, 5.41) is 17.9. The lowest BCUT2D eigenvalue weighted by molar-refractivity contribution is 0.157. The van der Waals surface area contributed by atoms with Crippen molar-refractivity contribution >= 4 is 15.9 Å². The van der Waals surface area contributed by atoms with E-state index in [1.165, 1.54) is 11.1 Å². The van der Waals surface area contributed by atoms with Gasteiger partial charge in [0.15, 0.2) is 4.60 Å². The van der Waals surface area contributed by atoms with E-state index in [1.807, 2.05) is 12.1 Å². The standard InChI is InChI=1S/C13H16BrN3O/c1-9-5-3-4-6-10(9)7-8-11(18)12-13(14)15-16-17(12)2/h3-6,11,18H,7-8H2,1-2H3. The quantitative estimate of drug-likeness (QED) is 0.944. The molecule has 0 amide bonds. The molecule has 0 saturated carbocycles. The van der Waals surface area contributed by atoms with Gasteiger partial charge in [0.25, 0.3) is 0 Å². The normalized spacial score (nSPS) is 12.7. The molecule has 1 heterocycles. The maximum absolute atomic E-state index is 10.2. The molecule has 0 aliphatic rings. The third-order valence-corrected chi connectivity index (χ3v) is 3.66. The van der Waals surface area contributed by atoms with E-state index in [1.54, 1.807) is 11.7 Å². The van der Waals surface area contributed by atoms with Crippen LogP contribution < -0.4 is 0 Å². The molecule has 0 bridgehead atoms. The van der Waals surface area contributed by atoms with Gasteiger partial charge in [0.1, 0.15) is 5.69 Å². The summed E-state index contributed by atoms with van der Waals surface area (Å²) in [6, 6.07) is 8.23. The molecule has 0 aliphatic carbocycles. The Bertz CT molecular complexity index is 519. The van der Waals surface area contributed by atoms with Crippen molar-refractivity contribution < 1.29 is 5.11 Å². The minimum absolute atomic E-state index is 0.556. The molecule has 0 spiro atoms. The van der Waals surface area contributed by atoms with Crippen LogP contribution in [0.5, 0.6) is 0 Å². The van der Waals surface area contributed by atoms with Gasteiger partial charge in [-0.25, -0.2) is 4.68 Å². The molecule has 0 radical (unpaired) electrons. The molecule has 2 rings (SSSR count). The van der Waals surface area contributed by atoms with Gasteiger partial charge in [0.05, 0.1) is 6.10 Å². The Morgan fingerprint density at radius 1 is 1.39 bits per heavy atom. The molecule has 0 aliphatic heterocycles. The highest BCUT2D eigenvalue weighted by Gasteiger charge is 2.17. The summed E-state index contributed by atoms with van der Waals surface area (Å²) in [5.74, 6) is 0. The third-order valence-electron chi connectivity index (χ3n) is 3.09. The van der Waals surface area contributed by atoms with Crippen molar-refractivity contribution in [3.63, 3.8) is 0 Å².